The summed E-state index contributed by atoms with van der Waals surface area (Å²) in [7, 11) is 1.42. The summed E-state index contributed by atoms with van der Waals surface area (Å²) in [5.41, 5.74) is -0.0754. The molecule has 0 aromatic heterocycles. The van der Waals surface area contributed by atoms with E-state index < -0.39 is 17.3 Å². The predicted molar refractivity (Wildman–Crippen MR) is 162 cm³/mol. The van der Waals surface area contributed by atoms with Crippen LogP contribution < -0.4 is 0 Å². The zero-order valence-electron chi connectivity index (χ0n) is 26.6. The molecule has 3 rings (SSSR count). The number of amides is 2. The SMILES string of the molecule is CCC(C)(CC)CC(C)(C(=O)OC)C1C(=O)N(C2CCCCC2)C(=O)C1CC(c1ccccc1)C(C)(CC)CC. The van der Waals surface area contributed by atoms with E-state index in [-0.39, 0.29) is 40.6 Å². The van der Waals surface area contributed by atoms with E-state index in [1.165, 1.54) is 12.7 Å². The van der Waals surface area contributed by atoms with Crippen LogP contribution in [-0.4, -0.2) is 35.8 Å². The van der Waals surface area contributed by atoms with Crippen molar-refractivity contribution >= 4 is 17.8 Å². The fourth-order valence-electron chi connectivity index (χ4n) is 7.84. The maximum atomic E-state index is 14.6. The third-order valence-corrected chi connectivity index (χ3v) is 11.4. The molecule has 5 nitrogen and oxygen atoms in total. The molecule has 0 bridgehead atoms. The van der Waals surface area contributed by atoms with Crippen molar-refractivity contribution < 1.29 is 19.1 Å². The molecule has 1 aliphatic carbocycles. The second-order valence-corrected chi connectivity index (χ2v) is 13.6. The van der Waals surface area contributed by atoms with E-state index in [1.54, 1.807) is 4.90 Å². The van der Waals surface area contributed by atoms with Crippen LogP contribution in [0.2, 0.25) is 0 Å². The maximum Gasteiger partial charge on any atom is 0.312 e. The summed E-state index contributed by atoms with van der Waals surface area (Å²) in [5.74, 6) is -1.78. The lowest BCUT2D eigenvalue weighted by Crippen LogP contribution is -2.48. The Labute approximate surface area is 243 Å². The Kier molecular flexibility index (Phi) is 10.7. The van der Waals surface area contributed by atoms with E-state index in [2.05, 4.69) is 65.8 Å². The Morgan fingerprint density at radius 1 is 0.900 bits per heavy atom. The monoisotopic (exact) mass is 553 g/mol. The molecule has 0 spiro atoms. The van der Waals surface area contributed by atoms with Gasteiger partial charge in [-0.05, 0) is 54.9 Å². The average molecular weight is 554 g/mol. The fraction of sp³-hybridized carbons (Fsp3) is 0.743. The van der Waals surface area contributed by atoms with E-state index in [0.717, 1.165) is 57.8 Å². The van der Waals surface area contributed by atoms with E-state index in [1.807, 2.05) is 13.0 Å². The van der Waals surface area contributed by atoms with Crippen LogP contribution in [0.15, 0.2) is 30.3 Å². The van der Waals surface area contributed by atoms with Crippen LogP contribution >= 0.6 is 0 Å². The van der Waals surface area contributed by atoms with Crippen molar-refractivity contribution in [1.29, 1.82) is 0 Å². The fourth-order valence-corrected chi connectivity index (χ4v) is 7.84. The highest BCUT2D eigenvalue weighted by molar-refractivity contribution is 6.07. The number of imide groups is 1. The van der Waals surface area contributed by atoms with Gasteiger partial charge in [-0.3, -0.25) is 19.3 Å². The Morgan fingerprint density at radius 2 is 1.48 bits per heavy atom. The summed E-state index contributed by atoms with van der Waals surface area (Å²) < 4.78 is 5.45. The molecule has 40 heavy (non-hydrogen) atoms. The van der Waals surface area contributed by atoms with Gasteiger partial charge in [0.05, 0.1) is 24.4 Å². The van der Waals surface area contributed by atoms with Gasteiger partial charge in [0, 0.05) is 6.04 Å². The molecule has 1 heterocycles. The molecule has 1 aromatic rings. The van der Waals surface area contributed by atoms with Crippen LogP contribution in [-0.2, 0) is 19.1 Å². The van der Waals surface area contributed by atoms with Crippen LogP contribution in [0, 0.1) is 28.1 Å². The highest BCUT2D eigenvalue weighted by atomic mass is 16.5. The second-order valence-electron chi connectivity index (χ2n) is 13.6. The second kappa shape index (κ2) is 13.2. The van der Waals surface area contributed by atoms with Gasteiger partial charge >= 0.3 is 5.97 Å². The standard InChI is InChI=1S/C35H55NO4/c1-9-33(5,10-2)24-35(7,32(39)40-8)29-27(30(37)36(31(29)38)26-21-17-14-18-22-26)23-28(34(6,11-3)12-4)25-19-15-13-16-20-25/h13,15-16,19-20,26-29H,9-12,14,17-18,21-24H2,1-8H3. The van der Waals surface area contributed by atoms with Crippen LogP contribution in [0.25, 0.3) is 0 Å². The van der Waals surface area contributed by atoms with E-state index in [4.69, 9.17) is 4.74 Å². The molecule has 5 heteroatoms. The number of carbonyl (C=O) groups excluding carboxylic acids is 3. The number of carbonyl (C=O) groups is 3. The quantitative estimate of drug-likeness (QED) is 0.182. The maximum absolute atomic E-state index is 14.6. The van der Waals surface area contributed by atoms with Gasteiger partial charge in [0.2, 0.25) is 11.8 Å². The van der Waals surface area contributed by atoms with Crippen molar-refractivity contribution in [3.05, 3.63) is 35.9 Å². The third-order valence-electron chi connectivity index (χ3n) is 11.4. The number of hydrogen-bond donors (Lipinski definition) is 0. The molecule has 0 N–H and O–H groups in total. The Hall–Kier alpha value is -2.17. The molecular formula is C35H55NO4. The van der Waals surface area contributed by atoms with Crippen molar-refractivity contribution in [3.63, 3.8) is 0 Å². The minimum absolute atomic E-state index is 0.0451. The highest BCUT2D eigenvalue weighted by Gasteiger charge is 2.61. The molecule has 1 saturated heterocycles. The summed E-state index contributed by atoms with van der Waals surface area (Å²) >= 11 is 0. The van der Waals surface area contributed by atoms with Gasteiger partial charge in [0.1, 0.15) is 0 Å². The number of benzene rings is 1. The van der Waals surface area contributed by atoms with E-state index in [9.17, 15) is 14.4 Å². The van der Waals surface area contributed by atoms with Gasteiger partial charge in [-0.15, -0.1) is 0 Å². The van der Waals surface area contributed by atoms with Gasteiger partial charge < -0.3 is 4.74 Å². The minimum atomic E-state index is -1.09. The summed E-state index contributed by atoms with van der Waals surface area (Å²) in [6, 6.07) is 10.4. The van der Waals surface area contributed by atoms with Gasteiger partial charge in [-0.25, -0.2) is 0 Å². The van der Waals surface area contributed by atoms with Gasteiger partial charge in [0.25, 0.3) is 0 Å². The molecule has 0 radical (unpaired) electrons. The zero-order valence-corrected chi connectivity index (χ0v) is 26.6. The first-order valence-corrected chi connectivity index (χ1v) is 16.0. The molecular weight excluding hydrogens is 498 g/mol. The lowest BCUT2D eigenvalue weighted by atomic mass is 9.59. The van der Waals surface area contributed by atoms with Crippen LogP contribution in [0.5, 0.6) is 0 Å². The summed E-state index contributed by atoms with van der Waals surface area (Å²) in [6.45, 7) is 15.2. The highest BCUT2D eigenvalue weighted by Crippen LogP contribution is 2.54. The molecule has 2 fully saturated rings. The molecule has 2 aliphatic rings. The Bertz CT molecular complexity index is 1010. The number of methoxy groups -OCH3 is 1. The minimum Gasteiger partial charge on any atom is -0.469 e. The summed E-state index contributed by atoms with van der Waals surface area (Å²) in [6.07, 6.45) is 9.71. The molecule has 1 saturated carbocycles. The number of esters is 1. The lowest BCUT2D eigenvalue weighted by molar-refractivity contribution is -0.163. The Balaban J connectivity index is 2.19. The number of nitrogens with zero attached hydrogens (tertiary/aromatic N) is 1. The molecule has 4 atom stereocenters. The Morgan fingerprint density at radius 3 is 1.98 bits per heavy atom. The van der Waals surface area contributed by atoms with E-state index >= 15 is 0 Å². The molecule has 1 aliphatic heterocycles. The molecule has 224 valence electrons. The third kappa shape index (κ3) is 6.19. The van der Waals surface area contributed by atoms with E-state index in [0.29, 0.717) is 12.8 Å². The lowest BCUT2D eigenvalue weighted by Gasteiger charge is -2.43. The van der Waals surface area contributed by atoms with Crippen molar-refractivity contribution in [2.75, 3.05) is 7.11 Å². The van der Waals surface area contributed by atoms with Crippen molar-refractivity contribution in [2.45, 2.75) is 131 Å². The topological polar surface area (TPSA) is 63.7 Å². The normalized spacial score (nSPS) is 23.2. The smallest absolute Gasteiger partial charge is 0.312 e. The summed E-state index contributed by atoms with van der Waals surface area (Å²) in [4.78, 5) is 44.5. The van der Waals surface area contributed by atoms with Crippen LogP contribution in [0.1, 0.15) is 131 Å². The first kappa shape index (κ1) is 32.3. The number of hydrogen-bond acceptors (Lipinski definition) is 4. The zero-order chi connectivity index (χ0) is 29.7. The predicted octanol–water partition coefficient (Wildman–Crippen LogP) is 8.32. The van der Waals surface area contributed by atoms with Crippen LogP contribution in [0.4, 0.5) is 0 Å². The van der Waals surface area contributed by atoms with Crippen molar-refractivity contribution in [2.24, 2.45) is 28.1 Å². The van der Waals surface area contributed by atoms with Crippen molar-refractivity contribution in [3.8, 4) is 0 Å². The van der Waals surface area contributed by atoms with Crippen molar-refractivity contribution in [1.82, 2.24) is 4.90 Å². The first-order valence-electron chi connectivity index (χ1n) is 16.0. The van der Waals surface area contributed by atoms with Gasteiger partial charge in [0.15, 0.2) is 0 Å². The number of rotatable bonds is 13. The van der Waals surface area contributed by atoms with Gasteiger partial charge in [-0.2, -0.15) is 0 Å². The first-order chi connectivity index (χ1) is 18.9. The molecule has 1 aromatic carbocycles. The van der Waals surface area contributed by atoms with Crippen LogP contribution in [0.3, 0.4) is 0 Å². The van der Waals surface area contributed by atoms with Gasteiger partial charge in [-0.1, -0.05) is 117 Å². The average Bonchev–Trinajstić information content (AvgIpc) is 3.24. The molecule has 2 amide bonds. The number of ether oxygens (including phenoxy) is 1. The largest absolute Gasteiger partial charge is 0.469 e. The molecule has 4 unspecified atom stereocenters. The summed E-state index contributed by atoms with van der Waals surface area (Å²) in [5, 5.41) is 0. The number of likely N-dealkylation sites (tertiary alicyclic amines) is 1.